The Balaban J connectivity index is 2.01. The minimum atomic E-state index is 0.790. The Morgan fingerprint density at radius 1 is 1.35 bits per heavy atom. The van der Waals surface area contributed by atoms with Crippen molar-refractivity contribution >= 4 is 16.7 Å². The number of fused-ring (bicyclic) bond motifs is 3. The number of benzene rings is 1. The van der Waals surface area contributed by atoms with E-state index in [0.717, 1.165) is 37.4 Å². The van der Waals surface area contributed by atoms with Gasteiger partial charge < -0.3 is 10.3 Å². The third-order valence-electron chi connectivity index (χ3n) is 3.40. The fourth-order valence-electron chi connectivity index (χ4n) is 2.59. The first kappa shape index (κ1) is 10.6. The number of hydrogen-bond donors (Lipinski definition) is 1. The Morgan fingerprint density at radius 3 is 3.06 bits per heavy atom. The quantitative estimate of drug-likeness (QED) is 0.801. The van der Waals surface area contributed by atoms with Crippen molar-refractivity contribution in [3.8, 4) is 0 Å². The number of rotatable bonds is 2. The van der Waals surface area contributed by atoms with Gasteiger partial charge in [-0.25, -0.2) is 4.98 Å². The summed E-state index contributed by atoms with van der Waals surface area (Å²) in [6.45, 7) is 6.50. The topological polar surface area (TPSA) is 47.1 Å². The van der Waals surface area contributed by atoms with Gasteiger partial charge in [0.15, 0.2) is 0 Å². The summed E-state index contributed by atoms with van der Waals surface area (Å²) in [7, 11) is 0. The van der Waals surface area contributed by atoms with Gasteiger partial charge in [-0.3, -0.25) is 4.90 Å². The fourth-order valence-corrected chi connectivity index (χ4v) is 2.59. The first-order valence-electron chi connectivity index (χ1n) is 6.25. The Labute approximate surface area is 101 Å². The van der Waals surface area contributed by atoms with Crippen molar-refractivity contribution in [3.63, 3.8) is 0 Å². The molecule has 90 valence electrons. The summed E-state index contributed by atoms with van der Waals surface area (Å²) in [6, 6.07) is 6.00. The van der Waals surface area contributed by atoms with Crippen molar-refractivity contribution in [3.05, 3.63) is 24.0 Å². The normalized spacial score (nSPS) is 16.3. The van der Waals surface area contributed by atoms with Crippen LogP contribution in [-0.4, -0.2) is 27.5 Å². The van der Waals surface area contributed by atoms with E-state index in [1.54, 1.807) is 0 Å². The van der Waals surface area contributed by atoms with Gasteiger partial charge in [-0.15, -0.1) is 0 Å². The monoisotopic (exact) mass is 230 g/mol. The minimum absolute atomic E-state index is 0.790. The van der Waals surface area contributed by atoms with Gasteiger partial charge in [0.05, 0.1) is 17.6 Å². The molecule has 2 N–H and O–H groups in total. The predicted molar refractivity (Wildman–Crippen MR) is 69.7 cm³/mol. The molecule has 0 saturated heterocycles. The summed E-state index contributed by atoms with van der Waals surface area (Å²) in [6.07, 6.45) is 1.20. The highest BCUT2D eigenvalue weighted by molar-refractivity contribution is 5.79. The second kappa shape index (κ2) is 4.04. The van der Waals surface area contributed by atoms with Gasteiger partial charge in [-0.2, -0.15) is 0 Å². The summed E-state index contributed by atoms with van der Waals surface area (Å²) in [5, 5.41) is 0. The summed E-state index contributed by atoms with van der Waals surface area (Å²) in [5.74, 6) is 1.17. The van der Waals surface area contributed by atoms with Crippen molar-refractivity contribution in [1.82, 2.24) is 14.5 Å². The molecule has 1 aromatic heterocycles. The van der Waals surface area contributed by atoms with Crippen molar-refractivity contribution in [2.24, 2.45) is 0 Å². The maximum atomic E-state index is 5.80. The highest BCUT2D eigenvalue weighted by atomic mass is 15.2. The zero-order chi connectivity index (χ0) is 11.8. The van der Waals surface area contributed by atoms with E-state index in [9.17, 15) is 0 Å². The number of hydrogen-bond acceptors (Lipinski definition) is 3. The maximum absolute atomic E-state index is 5.80. The van der Waals surface area contributed by atoms with Crippen LogP contribution in [0.1, 0.15) is 19.2 Å². The number of nitrogen functional groups attached to an aromatic ring is 1. The molecular weight excluding hydrogens is 212 g/mol. The lowest BCUT2D eigenvalue weighted by atomic mass is 10.2. The van der Waals surface area contributed by atoms with E-state index in [2.05, 4.69) is 27.4 Å². The first-order chi connectivity index (χ1) is 8.28. The van der Waals surface area contributed by atoms with Crippen LogP contribution in [0.25, 0.3) is 11.0 Å². The Hall–Kier alpha value is -1.55. The first-order valence-corrected chi connectivity index (χ1v) is 6.25. The fraction of sp³-hybridized carbons (Fsp3) is 0.462. The SMILES string of the molecule is CCCN1CCn2c(nc3cc(N)ccc32)C1. The van der Waals surface area contributed by atoms with Crippen LogP contribution in [0.4, 0.5) is 5.69 Å². The van der Waals surface area contributed by atoms with Gasteiger partial charge in [0, 0.05) is 18.8 Å². The molecule has 0 saturated carbocycles. The van der Waals surface area contributed by atoms with E-state index >= 15 is 0 Å². The lowest BCUT2D eigenvalue weighted by Gasteiger charge is -2.27. The Morgan fingerprint density at radius 2 is 2.24 bits per heavy atom. The number of nitrogens with zero attached hydrogens (tertiary/aromatic N) is 3. The van der Waals surface area contributed by atoms with Crippen LogP contribution in [-0.2, 0) is 13.1 Å². The molecule has 1 aliphatic rings. The summed E-state index contributed by atoms with van der Waals surface area (Å²) < 4.78 is 2.32. The molecule has 0 amide bonds. The maximum Gasteiger partial charge on any atom is 0.124 e. The molecule has 1 aliphatic heterocycles. The molecule has 0 aliphatic carbocycles. The molecule has 0 bridgehead atoms. The highest BCUT2D eigenvalue weighted by Gasteiger charge is 2.19. The molecule has 0 spiro atoms. The van der Waals surface area contributed by atoms with Crippen molar-refractivity contribution in [1.29, 1.82) is 0 Å². The average Bonchev–Trinajstić information content (AvgIpc) is 2.65. The van der Waals surface area contributed by atoms with E-state index in [1.165, 1.54) is 17.8 Å². The molecule has 2 heterocycles. The van der Waals surface area contributed by atoms with Gasteiger partial charge >= 0.3 is 0 Å². The standard InChI is InChI=1S/C13H18N4/c1-2-5-16-6-7-17-12-4-3-10(14)8-11(12)15-13(17)9-16/h3-4,8H,2,5-7,9,14H2,1H3. The average molecular weight is 230 g/mol. The number of anilines is 1. The van der Waals surface area contributed by atoms with E-state index < -0.39 is 0 Å². The highest BCUT2D eigenvalue weighted by Crippen LogP contribution is 2.22. The molecule has 2 aromatic rings. The lowest BCUT2D eigenvalue weighted by Crippen LogP contribution is -2.34. The van der Waals surface area contributed by atoms with Crippen LogP contribution in [0, 0.1) is 0 Å². The van der Waals surface area contributed by atoms with E-state index in [0.29, 0.717) is 0 Å². The lowest BCUT2D eigenvalue weighted by molar-refractivity contribution is 0.219. The van der Waals surface area contributed by atoms with Crippen molar-refractivity contribution in [2.75, 3.05) is 18.8 Å². The number of aromatic nitrogens is 2. The van der Waals surface area contributed by atoms with E-state index in [4.69, 9.17) is 5.73 Å². The molecule has 0 fully saturated rings. The Kier molecular flexibility index (Phi) is 2.52. The van der Waals surface area contributed by atoms with Crippen LogP contribution in [0.5, 0.6) is 0 Å². The zero-order valence-corrected chi connectivity index (χ0v) is 10.2. The van der Waals surface area contributed by atoms with Crippen LogP contribution in [0.2, 0.25) is 0 Å². The summed E-state index contributed by atoms with van der Waals surface area (Å²) >= 11 is 0. The van der Waals surface area contributed by atoms with E-state index in [1.807, 2.05) is 12.1 Å². The number of imidazole rings is 1. The molecule has 0 atom stereocenters. The molecular formula is C13H18N4. The second-order valence-electron chi connectivity index (χ2n) is 4.70. The van der Waals surface area contributed by atoms with Gasteiger partial charge in [-0.1, -0.05) is 6.92 Å². The minimum Gasteiger partial charge on any atom is -0.399 e. The molecule has 4 heteroatoms. The zero-order valence-electron chi connectivity index (χ0n) is 10.2. The summed E-state index contributed by atoms with van der Waals surface area (Å²) in [4.78, 5) is 7.15. The van der Waals surface area contributed by atoms with Gasteiger partial charge in [0.1, 0.15) is 5.82 Å². The third kappa shape index (κ3) is 1.78. The molecule has 4 nitrogen and oxygen atoms in total. The molecule has 3 rings (SSSR count). The smallest absolute Gasteiger partial charge is 0.124 e. The van der Waals surface area contributed by atoms with Gasteiger partial charge in [0.25, 0.3) is 0 Å². The number of nitrogens with two attached hydrogens (primary N) is 1. The van der Waals surface area contributed by atoms with Crippen molar-refractivity contribution in [2.45, 2.75) is 26.4 Å². The third-order valence-corrected chi connectivity index (χ3v) is 3.40. The van der Waals surface area contributed by atoms with Gasteiger partial charge in [0.2, 0.25) is 0 Å². The Bertz CT molecular complexity index is 544. The molecule has 0 unspecified atom stereocenters. The predicted octanol–water partition coefficient (Wildman–Crippen LogP) is 1.84. The summed E-state index contributed by atoms with van der Waals surface area (Å²) in [5.41, 5.74) is 8.83. The van der Waals surface area contributed by atoms with Gasteiger partial charge in [-0.05, 0) is 31.2 Å². The molecule has 1 aromatic carbocycles. The van der Waals surface area contributed by atoms with Crippen LogP contribution in [0.3, 0.4) is 0 Å². The molecule has 17 heavy (non-hydrogen) atoms. The van der Waals surface area contributed by atoms with Crippen LogP contribution >= 0.6 is 0 Å². The largest absolute Gasteiger partial charge is 0.399 e. The second-order valence-corrected chi connectivity index (χ2v) is 4.70. The van der Waals surface area contributed by atoms with Crippen molar-refractivity contribution < 1.29 is 0 Å². The molecule has 0 radical (unpaired) electrons. The van der Waals surface area contributed by atoms with Crippen LogP contribution < -0.4 is 5.73 Å². The van der Waals surface area contributed by atoms with Crippen LogP contribution in [0.15, 0.2) is 18.2 Å². The van der Waals surface area contributed by atoms with E-state index in [-0.39, 0.29) is 0 Å².